The molecule has 0 aliphatic rings. The van der Waals surface area contributed by atoms with Crippen LogP contribution in [0.1, 0.15) is 12.7 Å². The highest BCUT2D eigenvalue weighted by molar-refractivity contribution is 5.78. The molecule has 3 rings (SSSR count). The van der Waals surface area contributed by atoms with Crippen molar-refractivity contribution in [1.82, 2.24) is 9.66 Å². The Morgan fingerprint density at radius 3 is 2.79 bits per heavy atom. The van der Waals surface area contributed by atoms with Gasteiger partial charge in [0.2, 0.25) is 0 Å². The molecule has 0 bridgehead atoms. The van der Waals surface area contributed by atoms with Crippen LogP contribution in [0.25, 0.3) is 17.0 Å². The molecule has 2 aromatic carbocycles. The molecule has 24 heavy (non-hydrogen) atoms. The second-order valence-electron chi connectivity index (χ2n) is 5.13. The molecule has 0 amide bonds. The Kier molecular flexibility index (Phi) is 4.20. The average Bonchev–Trinajstić information content (AvgIpc) is 2.60. The zero-order valence-corrected chi connectivity index (χ0v) is 13.4. The van der Waals surface area contributed by atoms with Crippen LogP contribution in [0.4, 0.5) is 5.69 Å². The minimum absolute atomic E-state index is 0.0284. The van der Waals surface area contributed by atoms with Crippen LogP contribution >= 0.6 is 0 Å². The molecule has 6 nitrogen and oxygen atoms in total. The van der Waals surface area contributed by atoms with E-state index in [0.717, 1.165) is 0 Å². The molecule has 3 aromatic rings. The summed E-state index contributed by atoms with van der Waals surface area (Å²) >= 11 is 0. The number of nitrogens with zero attached hydrogens (tertiary/aromatic N) is 2. The zero-order chi connectivity index (χ0) is 17.1. The van der Waals surface area contributed by atoms with Crippen molar-refractivity contribution in [3.8, 4) is 11.5 Å². The number of hydrogen-bond acceptors (Lipinski definition) is 5. The van der Waals surface area contributed by atoms with Gasteiger partial charge in [-0.15, -0.1) is 0 Å². The van der Waals surface area contributed by atoms with Gasteiger partial charge in [0.15, 0.2) is 17.3 Å². The van der Waals surface area contributed by atoms with E-state index in [1.807, 2.05) is 19.1 Å². The first-order valence-electron chi connectivity index (χ1n) is 7.42. The lowest BCUT2D eigenvalue weighted by Crippen LogP contribution is -2.29. The Labute approximate surface area is 138 Å². The molecule has 1 heterocycles. The summed E-state index contributed by atoms with van der Waals surface area (Å²) in [5.74, 6) is 0.823. The van der Waals surface area contributed by atoms with Gasteiger partial charge in [-0.2, -0.15) is 0 Å². The molecule has 0 spiro atoms. The normalized spacial score (nSPS) is 11.1. The summed E-state index contributed by atoms with van der Waals surface area (Å²) in [6.07, 6.45) is 3.56. The highest BCUT2D eigenvalue weighted by Crippen LogP contribution is 2.28. The molecule has 0 aliphatic carbocycles. The van der Waals surface area contributed by atoms with E-state index in [-0.39, 0.29) is 11.3 Å². The van der Waals surface area contributed by atoms with E-state index in [9.17, 15) is 9.90 Å². The summed E-state index contributed by atoms with van der Waals surface area (Å²) in [5, 5.41) is 10.2. The maximum absolute atomic E-state index is 12.8. The summed E-state index contributed by atoms with van der Waals surface area (Å²) in [6.45, 7) is 1.86. The number of aromatic nitrogens is 2. The van der Waals surface area contributed by atoms with Crippen LogP contribution in [0.15, 0.2) is 53.3 Å². The van der Waals surface area contributed by atoms with Gasteiger partial charge in [0.05, 0.1) is 23.7 Å². The van der Waals surface area contributed by atoms with Crippen LogP contribution in [0.3, 0.4) is 0 Å². The molecule has 0 saturated carbocycles. The maximum atomic E-state index is 12.8. The number of ether oxygens (including phenoxy) is 1. The zero-order valence-electron chi connectivity index (χ0n) is 13.4. The van der Waals surface area contributed by atoms with Crippen molar-refractivity contribution in [2.24, 2.45) is 0 Å². The summed E-state index contributed by atoms with van der Waals surface area (Å²) in [7, 11) is 1.47. The van der Waals surface area contributed by atoms with Gasteiger partial charge in [-0.3, -0.25) is 10.2 Å². The molecule has 0 saturated heterocycles. The van der Waals surface area contributed by atoms with Crippen LogP contribution in [-0.4, -0.2) is 21.9 Å². The molecule has 0 aliphatic heterocycles. The summed E-state index contributed by atoms with van der Waals surface area (Å²) in [4.78, 5) is 17.3. The third kappa shape index (κ3) is 2.81. The van der Waals surface area contributed by atoms with Crippen molar-refractivity contribution < 1.29 is 9.84 Å². The van der Waals surface area contributed by atoms with Gasteiger partial charge >= 0.3 is 0 Å². The number of hydrogen-bond donors (Lipinski definition) is 2. The van der Waals surface area contributed by atoms with Crippen LogP contribution in [-0.2, 0) is 0 Å². The Morgan fingerprint density at radius 1 is 1.25 bits per heavy atom. The predicted molar refractivity (Wildman–Crippen MR) is 94.4 cm³/mol. The van der Waals surface area contributed by atoms with E-state index in [1.165, 1.54) is 17.9 Å². The second-order valence-corrected chi connectivity index (χ2v) is 5.13. The molecule has 1 aromatic heterocycles. The largest absolute Gasteiger partial charge is 0.504 e. The molecular weight excluding hydrogens is 306 g/mol. The van der Waals surface area contributed by atoms with Crippen molar-refractivity contribution in [2.75, 3.05) is 12.5 Å². The molecular formula is C18H17N3O3. The quantitative estimate of drug-likeness (QED) is 0.722. The lowest BCUT2D eigenvalue weighted by Gasteiger charge is -2.14. The lowest BCUT2D eigenvalue weighted by atomic mass is 10.2. The van der Waals surface area contributed by atoms with Crippen molar-refractivity contribution in [3.63, 3.8) is 0 Å². The number of phenolic OH excluding ortho intramolecular Hbond substituents is 1. The minimum atomic E-state index is -0.208. The second kappa shape index (κ2) is 6.45. The summed E-state index contributed by atoms with van der Waals surface area (Å²) in [5.41, 5.74) is 4.04. The van der Waals surface area contributed by atoms with E-state index in [1.54, 1.807) is 36.4 Å². The Hall–Kier alpha value is -3.28. The first-order chi connectivity index (χ1) is 11.6. The fourth-order valence-electron chi connectivity index (χ4n) is 2.40. The van der Waals surface area contributed by atoms with E-state index in [4.69, 9.17) is 4.74 Å². The minimum Gasteiger partial charge on any atom is -0.504 e. The van der Waals surface area contributed by atoms with Crippen molar-refractivity contribution in [3.05, 3.63) is 64.7 Å². The third-order valence-electron chi connectivity index (χ3n) is 3.54. The number of benzene rings is 2. The van der Waals surface area contributed by atoms with Gasteiger partial charge in [-0.05, 0) is 37.3 Å². The summed E-state index contributed by atoms with van der Waals surface area (Å²) in [6, 6.07) is 11.9. The third-order valence-corrected chi connectivity index (χ3v) is 3.54. The fraction of sp³-hybridized carbons (Fsp3) is 0.111. The molecule has 6 heteroatoms. The predicted octanol–water partition coefficient (Wildman–Crippen LogP) is 3.02. The molecule has 0 unspecified atom stereocenters. The molecule has 122 valence electrons. The number of nitrogens with one attached hydrogen (secondary N) is 1. The van der Waals surface area contributed by atoms with E-state index in [0.29, 0.717) is 28.2 Å². The molecule has 0 atom stereocenters. The highest BCUT2D eigenvalue weighted by Gasteiger charge is 2.10. The van der Waals surface area contributed by atoms with E-state index >= 15 is 0 Å². The number of allylic oxidation sites excluding steroid dienone is 1. The summed E-state index contributed by atoms with van der Waals surface area (Å²) < 4.78 is 6.46. The fourth-order valence-corrected chi connectivity index (χ4v) is 2.40. The Balaban J connectivity index is 2.16. The SMILES string of the molecule is C/C=C\c1nc2ccccc2c(=O)n1Nc1ccc(O)c(OC)c1. The maximum Gasteiger partial charge on any atom is 0.280 e. The Bertz CT molecular complexity index is 977. The van der Waals surface area contributed by atoms with E-state index < -0.39 is 0 Å². The number of para-hydroxylation sites is 1. The monoisotopic (exact) mass is 323 g/mol. The van der Waals surface area contributed by atoms with Crippen molar-refractivity contribution in [2.45, 2.75) is 6.92 Å². The number of aromatic hydroxyl groups is 1. The lowest BCUT2D eigenvalue weighted by molar-refractivity contribution is 0.373. The first-order valence-corrected chi connectivity index (χ1v) is 7.42. The molecule has 0 radical (unpaired) electrons. The van der Waals surface area contributed by atoms with Crippen molar-refractivity contribution >= 4 is 22.7 Å². The van der Waals surface area contributed by atoms with Crippen LogP contribution in [0.2, 0.25) is 0 Å². The topological polar surface area (TPSA) is 76.4 Å². The number of phenols is 1. The number of fused-ring (bicyclic) bond motifs is 1. The standard InChI is InChI=1S/C18H17N3O3/c1-3-6-17-19-14-8-5-4-7-13(14)18(23)21(17)20-12-9-10-15(22)16(11-12)24-2/h3-11,20,22H,1-2H3/b6-3-. The van der Waals surface area contributed by atoms with Crippen LogP contribution in [0, 0.1) is 0 Å². The highest BCUT2D eigenvalue weighted by atomic mass is 16.5. The van der Waals surface area contributed by atoms with Gasteiger partial charge in [-0.1, -0.05) is 18.2 Å². The smallest absolute Gasteiger partial charge is 0.280 e. The van der Waals surface area contributed by atoms with Crippen LogP contribution in [0.5, 0.6) is 11.5 Å². The van der Waals surface area contributed by atoms with Crippen molar-refractivity contribution in [1.29, 1.82) is 0 Å². The number of rotatable bonds is 4. The first kappa shape index (κ1) is 15.6. The Morgan fingerprint density at radius 2 is 2.04 bits per heavy atom. The number of anilines is 1. The number of methoxy groups -OCH3 is 1. The van der Waals surface area contributed by atoms with Gasteiger partial charge < -0.3 is 9.84 Å². The molecule has 2 N–H and O–H groups in total. The van der Waals surface area contributed by atoms with Gasteiger partial charge in [0.1, 0.15) is 0 Å². The average molecular weight is 323 g/mol. The van der Waals surface area contributed by atoms with Gasteiger partial charge in [-0.25, -0.2) is 9.66 Å². The van der Waals surface area contributed by atoms with Gasteiger partial charge in [0, 0.05) is 6.07 Å². The van der Waals surface area contributed by atoms with E-state index in [2.05, 4.69) is 10.4 Å². The molecule has 0 fully saturated rings. The van der Waals surface area contributed by atoms with Crippen LogP contribution < -0.4 is 15.7 Å². The van der Waals surface area contributed by atoms with Gasteiger partial charge in [0.25, 0.3) is 5.56 Å².